The van der Waals surface area contributed by atoms with Crippen molar-refractivity contribution in [3.8, 4) is 5.75 Å². The standard InChI is InChI=1S/C29H32N2O3S/c32-26-13-8-11-23(20-26)24-12-9-19-30(21-24)18-7-6-10-25-22-31(29-17-5-4-16-28(25)29)35(33,34)27-14-2-1-3-15-27/h1-5,8,11,13-17,20,22,24,32H,6-7,9-10,12,18-19,21H2. The number of phenolic OH excluding ortho intramolecular Hbond substituents is 1. The van der Waals surface area contributed by atoms with Crippen molar-refractivity contribution in [3.05, 3.63) is 96.2 Å². The molecule has 1 N–H and O–H groups in total. The van der Waals surface area contributed by atoms with E-state index in [1.54, 1.807) is 30.3 Å². The van der Waals surface area contributed by atoms with Gasteiger partial charge in [-0.25, -0.2) is 12.4 Å². The Balaban J connectivity index is 1.24. The molecule has 0 spiro atoms. The molecule has 182 valence electrons. The first-order valence-electron chi connectivity index (χ1n) is 12.4. The zero-order valence-electron chi connectivity index (χ0n) is 19.9. The maximum Gasteiger partial charge on any atom is 0.268 e. The Morgan fingerprint density at radius 2 is 1.71 bits per heavy atom. The van der Waals surface area contributed by atoms with Crippen LogP contribution < -0.4 is 0 Å². The molecule has 0 amide bonds. The van der Waals surface area contributed by atoms with Gasteiger partial charge in [-0.05, 0) is 92.6 Å². The van der Waals surface area contributed by atoms with Crippen molar-refractivity contribution >= 4 is 20.9 Å². The molecule has 1 saturated heterocycles. The molecule has 0 bridgehead atoms. The highest BCUT2D eigenvalue weighted by Crippen LogP contribution is 2.30. The van der Waals surface area contributed by atoms with Gasteiger partial charge in [0.1, 0.15) is 5.75 Å². The zero-order chi connectivity index (χ0) is 24.3. The van der Waals surface area contributed by atoms with E-state index in [1.807, 2.05) is 48.7 Å². The predicted octanol–water partition coefficient (Wildman–Crippen LogP) is 5.79. The number of aromatic hydroxyl groups is 1. The van der Waals surface area contributed by atoms with Crippen molar-refractivity contribution in [1.29, 1.82) is 0 Å². The third kappa shape index (κ3) is 5.14. The molecule has 5 rings (SSSR count). The van der Waals surface area contributed by atoms with E-state index in [0.717, 1.165) is 61.8 Å². The maximum atomic E-state index is 13.3. The molecule has 1 aliphatic rings. The highest BCUT2D eigenvalue weighted by molar-refractivity contribution is 7.90. The van der Waals surface area contributed by atoms with Crippen molar-refractivity contribution in [2.24, 2.45) is 0 Å². The van der Waals surface area contributed by atoms with Gasteiger partial charge in [0.05, 0.1) is 10.4 Å². The lowest BCUT2D eigenvalue weighted by atomic mass is 9.90. The van der Waals surface area contributed by atoms with Crippen LogP contribution in [0.15, 0.2) is 90.0 Å². The highest BCUT2D eigenvalue weighted by Gasteiger charge is 2.22. The predicted molar refractivity (Wildman–Crippen MR) is 140 cm³/mol. The molecule has 0 aliphatic carbocycles. The summed E-state index contributed by atoms with van der Waals surface area (Å²) in [5.41, 5.74) is 3.04. The van der Waals surface area contributed by atoms with Gasteiger partial charge in [-0.2, -0.15) is 0 Å². The molecule has 3 aromatic carbocycles. The van der Waals surface area contributed by atoms with E-state index in [-0.39, 0.29) is 0 Å². The van der Waals surface area contributed by atoms with Crippen molar-refractivity contribution in [2.75, 3.05) is 19.6 Å². The summed E-state index contributed by atoms with van der Waals surface area (Å²) in [7, 11) is -3.64. The zero-order valence-corrected chi connectivity index (χ0v) is 20.7. The number of likely N-dealkylation sites (tertiary alicyclic amines) is 1. The first-order valence-corrected chi connectivity index (χ1v) is 13.9. The number of hydrogen-bond donors (Lipinski definition) is 1. The van der Waals surface area contributed by atoms with E-state index < -0.39 is 10.0 Å². The fourth-order valence-electron chi connectivity index (χ4n) is 5.28. The molecule has 6 heteroatoms. The summed E-state index contributed by atoms with van der Waals surface area (Å²) in [5, 5.41) is 10.8. The summed E-state index contributed by atoms with van der Waals surface area (Å²) in [5.74, 6) is 0.810. The van der Waals surface area contributed by atoms with Crippen LogP contribution in [0.4, 0.5) is 0 Å². The topological polar surface area (TPSA) is 62.5 Å². The van der Waals surface area contributed by atoms with Crippen LogP contribution >= 0.6 is 0 Å². The number of unbranched alkanes of at least 4 members (excludes halogenated alkanes) is 1. The number of aryl methyl sites for hydroxylation is 1. The molecule has 5 nitrogen and oxygen atoms in total. The van der Waals surface area contributed by atoms with Crippen LogP contribution in [-0.4, -0.2) is 42.0 Å². The van der Waals surface area contributed by atoms with Crippen LogP contribution in [0.5, 0.6) is 5.75 Å². The summed E-state index contributed by atoms with van der Waals surface area (Å²) < 4.78 is 28.1. The Kier molecular flexibility index (Phi) is 6.93. The fraction of sp³-hybridized carbons (Fsp3) is 0.310. The monoisotopic (exact) mass is 488 g/mol. The van der Waals surface area contributed by atoms with Gasteiger partial charge in [0.2, 0.25) is 0 Å². The van der Waals surface area contributed by atoms with Gasteiger partial charge in [0, 0.05) is 18.1 Å². The first kappa shape index (κ1) is 23.6. The van der Waals surface area contributed by atoms with E-state index in [2.05, 4.69) is 11.0 Å². The van der Waals surface area contributed by atoms with E-state index >= 15 is 0 Å². The van der Waals surface area contributed by atoms with Crippen molar-refractivity contribution in [1.82, 2.24) is 8.87 Å². The molecule has 1 atom stereocenters. The average molecular weight is 489 g/mol. The molecule has 1 aromatic heterocycles. The largest absolute Gasteiger partial charge is 0.508 e. The molecule has 1 aliphatic heterocycles. The van der Waals surface area contributed by atoms with Gasteiger partial charge < -0.3 is 10.0 Å². The van der Waals surface area contributed by atoms with Gasteiger partial charge in [-0.15, -0.1) is 0 Å². The Morgan fingerprint density at radius 1 is 0.914 bits per heavy atom. The number of nitrogens with zero attached hydrogens (tertiary/aromatic N) is 2. The average Bonchev–Trinajstić information content (AvgIpc) is 3.27. The van der Waals surface area contributed by atoms with Crippen LogP contribution in [0.3, 0.4) is 0 Å². The van der Waals surface area contributed by atoms with Crippen LogP contribution in [0, 0.1) is 0 Å². The Hall–Kier alpha value is -3.09. The number of fused-ring (bicyclic) bond motifs is 1. The lowest BCUT2D eigenvalue weighted by molar-refractivity contribution is 0.204. The second kappa shape index (κ2) is 10.3. The lowest BCUT2D eigenvalue weighted by Crippen LogP contribution is -2.35. The molecular weight excluding hydrogens is 456 g/mol. The Labute approximate surface area is 207 Å². The number of rotatable bonds is 8. The maximum absolute atomic E-state index is 13.3. The lowest BCUT2D eigenvalue weighted by Gasteiger charge is -2.33. The minimum absolute atomic E-state index is 0.304. The van der Waals surface area contributed by atoms with Gasteiger partial charge in [0.25, 0.3) is 10.0 Å². The number of piperidine rings is 1. The summed E-state index contributed by atoms with van der Waals surface area (Å²) >= 11 is 0. The molecule has 2 heterocycles. The minimum atomic E-state index is -3.64. The van der Waals surface area contributed by atoms with Crippen LogP contribution in [0.25, 0.3) is 10.9 Å². The molecule has 0 radical (unpaired) electrons. The second-order valence-electron chi connectivity index (χ2n) is 9.48. The number of benzene rings is 3. The van der Waals surface area contributed by atoms with Crippen LogP contribution in [0.1, 0.15) is 42.7 Å². The van der Waals surface area contributed by atoms with Crippen molar-refractivity contribution in [2.45, 2.75) is 42.9 Å². The van der Waals surface area contributed by atoms with Crippen molar-refractivity contribution < 1.29 is 13.5 Å². The minimum Gasteiger partial charge on any atom is -0.508 e. The molecule has 1 fully saturated rings. The molecule has 0 saturated carbocycles. The van der Waals surface area contributed by atoms with E-state index in [0.29, 0.717) is 16.6 Å². The smallest absolute Gasteiger partial charge is 0.268 e. The number of phenols is 1. The van der Waals surface area contributed by atoms with E-state index in [1.165, 1.54) is 16.0 Å². The molecule has 4 aromatic rings. The Morgan fingerprint density at radius 3 is 2.54 bits per heavy atom. The summed E-state index contributed by atoms with van der Waals surface area (Å²) in [4.78, 5) is 2.83. The van der Waals surface area contributed by atoms with Gasteiger partial charge in [0.15, 0.2) is 0 Å². The fourth-order valence-corrected chi connectivity index (χ4v) is 6.69. The molecule has 1 unspecified atom stereocenters. The van der Waals surface area contributed by atoms with Gasteiger partial charge in [-0.3, -0.25) is 0 Å². The van der Waals surface area contributed by atoms with Gasteiger partial charge >= 0.3 is 0 Å². The third-order valence-electron chi connectivity index (χ3n) is 7.08. The second-order valence-corrected chi connectivity index (χ2v) is 11.3. The summed E-state index contributed by atoms with van der Waals surface area (Å²) in [6, 6.07) is 24.1. The van der Waals surface area contributed by atoms with Crippen LogP contribution in [-0.2, 0) is 16.4 Å². The normalized spacial score (nSPS) is 17.1. The number of aromatic nitrogens is 1. The van der Waals surface area contributed by atoms with Crippen LogP contribution in [0.2, 0.25) is 0 Å². The summed E-state index contributed by atoms with van der Waals surface area (Å²) in [6.07, 6.45) is 7.07. The SMILES string of the molecule is O=S(=O)(c1ccccc1)n1cc(CCCCN2CCCC(c3cccc(O)c3)C2)c2ccccc21. The quantitative estimate of drug-likeness (QED) is 0.319. The van der Waals surface area contributed by atoms with Crippen molar-refractivity contribution in [3.63, 3.8) is 0 Å². The van der Waals surface area contributed by atoms with E-state index in [9.17, 15) is 13.5 Å². The number of para-hydroxylation sites is 1. The first-order chi connectivity index (χ1) is 17.0. The van der Waals surface area contributed by atoms with Gasteiger partial charge in [-0.1, -0.05) is 48.5 Å². The highest BCUT2D eigenvalue weighted by atomic mass is 32.2. The molecule has 35 heavy (non-hydrogen) atoms. The third-order valence-corrected chi connectivity index (χ3v) is 8.77. The Bertz CT molecular complexity index is 1400. The van der Waals surface area contributed by atoms with E-state index in [4.69, 9.17) is 0 Å². The molecular formula is C29H32N2O3S. The number of hydrogen-bond acceptors (Lipinski definition) is 4. The summed E-state index contributed by atoms with van der Waals surface area (Å²) in [6.45, 7) is 3.18.